The van der Waals surface area contributed by atoms with E-state index in [1.54, 1.807) is 0 Å². The van der Waals surface area contributed by atoms with Crippen LogP contribution in [0.3, 0.4) is 0 Å². The Morgan fingerprint density at radius 1 is 1.19 bits per heavy atom. The molecule has 2 aliphatic heterocycles. The van der Waals surface area contributed by atoms with Gasteiger partial charge in [0.2, 0.25) is 0 Å². The van der Waals surface area contributed by atoms with Crippen LogP contribution in [-0.4, -0.2) is 54.0 Å². The topological polar surface area (TPSA) is 49.9 Å². The fraction of sp³-hybridized carbons (Fsp3) is 0.600. The van der Waals surface area contributed by atoms with Crippen molar-refractivity contribution in [3.05, 3.63) is 28.1 Å². The van der Waals surface area contributed by atoms with E-state index in [9.17, 15) is 9.59 Å². The van der Waals surface area contributed by atoms with Crippen molar-refractivity contribution in [2.75, 3.05) is 26.2 Å². The molecule has 1 fully saturated rings. The molecule has 6 heteroatoms. The van der Waals surface area contributed by atoms with Crippen LogP contribution in [0.5, 0.6) is 0 Å². The third-order valence-electron chi connectivity index (χ3n) is 4.86. The predicted octanol–water partition coefficient (Wildman–Crippen LogP) is 3.23. The molecule has 3 heterocycles. The molecule has 0 N–H and O–H groups in total. The summed E-state index contributed by atoms with van der Waals surface area (Å²) < 4.78 is 5.57. The number of thiophene rings is 1. The van der Waals surface area contributed by atoms with Crippen molar-refractivity contribution >= 4 is 28.7 Å². The highest BCUT2D eigenvalue weighted by atomic mass is 32.1. The summed E-state index contributed by atoms with van der Waals surface area (Å²) in [6.07, 6.45) is 1.24. The van der Waals surface area contributed by atoms with E-state index in [0.29, 0.717) is 36.3 Å². The highest BCUT2D eigenvalue weighted by Gasteiger charge is 2.43. The van der Waals surface area contributed by atoms with Crippen LogP contribution in [0.2, 0.25) is 0 Å². The lowest BCUT2D eigenvalue weighted by atomic mass is 9.91. The SMILES string of the molecule is CC1CC(C)CN(C2=C(c3cccs3)C(=O)N(CCOC(C)C)C2=O)C1. The number of nitrogens with zero attached hydrogens (tertiary/aromatic N) is 2. The highest BCUT2D eigenvalue weighted by Crippen LogP contribution is 2.36. The van der Waals surface area contributed by atoms with Gasteiger partial charge in [0.25, 0.3) is 11.8 Å². The molecular weight excluding hydrogens is 348 g/mol. The van der Waals surface area contributed by atoms with Gasteiger partial charge in [0.05, 0.1) is 24.8 Å². The van der Waals surface area contributed by atoms with Crippen molar-refractivity contribution in [2.24, 2.45) is 11.8 Å². The molecule has 26 heavy (non-hydrogen) atoms. The van der Waals surface area contributed by atoms with Crippen LogP contribution in [0.25, 0.3) is 5.57 Å². The maximum absolute atomic E-state index is 13.2. The molecule has 2 unspecified atom stereocenters. The molecule has 1 saturated heterocycles. The van der Waals surface area contributed by atoms with Crippen molar-refractivity contribution in [2.45, 2.75) is 40.2 Å². The van der Waals surface area contributed by atoms with Gasteiger partial charge in [0, 0.05) is 18.0 Å². The fourth-order valence-corrected chi connectivity index (χ4v) is 4.69. The average Bonchev–Trinajstić information content (AvgIpc) is 3.15. The van der Waals surface area contributed by atoms with Gasteiger partial charge >= 0.3 is 0 Å². The lowest BCUT2D eigenvalue weighted by Gasteiger charge is -2.37. The summed E-state index contributed by atoms with van der Waals surface area (Å²) in [4.78, 5) is 30.6. The molecule has 1 aromatic rings. The van der Waals surface area contributed by atoms with E-state index in [4.69, 9.17) is 4.74 Å². The van der Waals surface area contributed by atoms with Crippen LogP contribution in [0.1, 0.15) is 39.0 Å². The number of amides is 2. The fourth-order valence-electron chi connectivity index (χ4n) is 3.93. The zero-order valence-corrected chi connectivity index (χ0v) is 16.8. The van der Waals surface area contributed by atoms with E-state index in [1.165, 1.54) is 16.2 Å². The third kappa shape index (κ3) is 3.86. The number of carbonyl (C=O) groups is 2. The van der Waals surface area contributed by atoms with Gasteiger partial charge in [-0.1, -0.05) is 19.9 Å². The Balaban J connectivity index is 1.91. The summed E-state index contributed by atoms with van der Waals surface area (Å²) in [6, 6.07) is 3.85. The van der Waals surface area contributed by atoms with Crippen molar-refractivity contribution in [3.63, 3.8) is 0 Å². The van der Waals surface area contributed by atoms with Gasteiger partial charge in [-0.05, 0) is 43.6 Å². The first-order chi connectivity index (χ1) is 12.4. The van der Waals surface area contributed by atoms with Gasteiger partial charge in [-0.15, -0.1) is 11.3 Å². The molecule has 0 radical (unpaired) electrons. The van der Waals surface area contributed by atoms with Gasteiger partial charge in [0.1, 0.15) is 5.70 Å². The molecule has 3 rings (SSSR count). The number of piperidine rings is 1. The number of hydrogen-bond donors (Lipinski definition) is 0. The second kappa shape index (κ2) is 7.92. The molecule has 0 spiro atoms. The zero-order chi connectivity index (χ0) is 18.8. The second-order valence-corrected chi connectivity index (χ2v) is 8.68. The lowest BCUT2D eigenvalue weighted by molar-refractivity contribution is -0.138. The molecule has 142 valence electrons. The van der Waals surface area contributed by atoms with Gasteiger partial charge in [-0.25, -0.2) is 0 Å². The van der Waals surface area contributed by atoms with Crippen molar-refractivity contribution < 1.29 is 14.3 Å². The third-order valence-corrected chi connectivity index (χ3v) is 5.75. The first-order valence-electron chi connectivity index (χ1n) is 9.39. The maximum atomic E-state index is 13.2. The largest absolute Gasteiger partial charge is 0.377 e. The normalized spacial score (nSPS) is 24.3. The molecular formula is C20H28N2O3S. The smallest absolute Gasteiger partial charge is 0.277 e. The molecule has 1 aromatic heterocycles. The van der Waals surface area contributed by atoms with Gasteiger partial charge in [0.15, 0.2) is 0 Å². The molecule has 5 nitrogen and oxygen atoms in total. The lowest BCUT2D eigenvalue weighted by Crippen LogP contribution is -2.42. The van der Waals surface area contributed by atoms with Crippen LogP contribution in [-0.2, 0) is 14.3 Å². The van der Waals surface area contributed by atoms with Crippen LogP contribution in [0, 0.1) is 11.8 Å². The van der Waals surface area contributed by atoms with Crippen LogP contribution in [0.15, 0.2) is 23.2 Å². The Hall–Kier alpha value is -1.66. The summed E-state index contributed by atoms with van der Waals surface area (Å²) in [5.41, 5.74) is 1.15. The van der Waals surface area contributed by atoms with E-state index in [2.05, 4.69) is 18.7 Å². The number of hydrogen-bond acceptors (Lipinski definition) is 5. The minimum Gasteiger partial charge on any atom is -0.377 e. The minimum absolute atomic E-state index is 0.0794. The number of carbonyl (C=O) groups excluding carboxylic acids is 2. The summed E-state index contributed by atoms with van der Waals surface area (Å²) in [5, 5.41) is 1.95. The monoisotopic (exact) mass is 376 g/mol. The van der Waals surface area contributed by atoms with E-state index in [0.717, 1.165) is 24.4 Å². The van der Waals surface area contributed by atoms with E-state index in [1.807, 2.05) is 31.4 Å². The first-order valence-corrected chi connectivity index (χ1v) is 10.3. The van der Waals surface area contributed by atoms with E-state index in [-0.39, 0.29) is 17.9 Å². The standard InChI is InChI=1S/C20H28N2O3S/c1-13(2)25-8-7-22-19(23)17(16-6-5-9-26-16)18(20(22)24)21-11-14(3)10-15(4)12-21/h5-6,9,13-15H,7-8,10-12H2,1-4H3. The zero-order valence-electron chi connectivity index (χ0n) is 16.0. The number of likely N-dealkylation sites (tertiary alicyclic amines) is 1. The summed E-state index contributed by atoms with van der Waals surface area (Å²) in [6.45, 7) is 10.6. The molecule has 2 amide bonds. The molecule has 0 bridgehead atoms. The van der Waals surface area contributed by atoms with Crippen LogP contribution < -0.4 is 0 Å². The Morgan fingerprint density at radius 2 is 1.88 bits per heavy atom. The molecule has 0 saturated carbocycles. The first kappa shape index (κ1) is 19.1. The number of rotatable bonds is 6. The Kier molecular flexibility index (Phi) is 5.82. The van der Waals surface area contributed by atoms with Crippen molar-refractivity contribution in [3.8, 4) is 0 Å². The molecule has 2 aliphatic rings. The highest BCUT2D eigenvalue weighted by molar-refractivity contribution is 7.11. The second-order valence-electron chi connectivity index (χ2n) is 7.73. The van der Waals surface area contributed by atoms with Gasteiger partial charge in [-0.2, -0.15) is 0 Å². The van der Waals surface area contributed by atoms with Gasteiger partial charge in [-0.3, -0.25) is 14.5 Å². The quantitative estimate of drug-likeness (QED) is 0.715. The molecule has 0 aliphatic carbocycles. The summed E-state index contributed by atoms with van der Waals surface area (Å²) in [7, 11) is 0. The Labute approximate surface area is 159 Å². The Morgan fingerprint density at radius 3 is 2.46 bits per heavy atom. The number of imide groups is 1. The molecule has 0 aromatic carbocycles. The van der Waals surface area contributed by atoms with Gasteiger partial charge < -0.3 is 9.64 Å². The predicted molar refractivity (Wildman–Crippen MR) is 104 cm³/mol. The molecule has 2 atom stereocenters. The van der Waals surface area contributed by atoms with Crippen LogP contribution >= 0.6 is 11.3 Å². The summed E-state index contributed by atoms with van der Waals surface area (Å²) >= 11 is 1.51. The minimum atomic E-state index is -0.189. The number of ether oxygens (including phenoxy) is 1. The Bertz CT molecular complexity index is 686. The average molecular weight is 377 g/mol. The van der Waals surface area contributed by atoms with Crippen molar-refractivity contribution in [1.82, 2.24) is 9.80 Å². The summed E-state index contributed by atoms with van der Waals surface area (Å²) in [5.74, 6) is 0.659. The van der Waals surface area contributed by atoms with E-state index >= 15 is 0 Å². The van der Waals surface area contributed by atoms with Crippen molar-refractivity contribution in [1.29, 1.82) is 0 Å². The maximum Gasteiger partial charge on any atom is 0.277 e. The van der Waals surface area contributed by atoms with Crippen LogP contribution in [0.4, 0.5) is 0 Å². The van der Waals surface area contributed by atoms with E-state index < -0.39 is 0 Å².